The van der Waals surface area contributed by atoms with Crippen LogP contribution in [-0.2, 0) is 43.2 Å². The van der Waals surface area contributed by atoms with Gasteiger partial charge in [0.2, 0.25) is 0 Å². The number of halogens is 2. The molecule has 0 unspecified atom stereocenters. The SMILES string of the molecule is CC(C)(C)OCCCCc1ccc[cH-]1.CC(C)(C)OCCCCc1ccc[cH-]1.[Cl][Zr+2][Cl]. The van der Waals surface area contributed by atoms with Gasteiger partial charge in [0.1, 0.15) is 0 Å². The van der Waals surface area contributed by atoms with Gasteiger partial charge in [-0.2, -0.15) is 35.4 Å². The first-order chi connectivity index (χ1) is 14.6. The van der Waals surface area contributed by atoms with Crippen molar-refractivity contribution in [3.05, 3.63) is 59.7 Å². The Bertz CT molecular complexity index is 542. The third-order valence-electron chi connectivity index (χ3n) is 4.25. The van der Waals surface area contributed by atoms with E-state index in [-0.39, 0.29) is 11.2 Å². The zero-order chi connectivity index (χ0) is 23.6. The van der Waals surface area contributed by atoms with Crippen molar-refractivity contribution in [3.63, 3.8) is 0 Å². The normalized spacial score (nSPS) is 11.1. The van der Waals surface area contributed by atoms with Gasteiger partial charge in [-0.05, 0) is 67.2 Å². The molecule has 0 radical (unpaired) electrons. The molecule has 2 aromatic carbocycles. The summed E-state index contributed by atoms with van der Waals surface area (Å²) in [5.41, 5.74) is 2.92. The van der Waals surface area contributed by atoms with Gasteiger partial charge < -0.3 is 9.47 Å². The van der Waals surface area contributed by atoms with Crippen LogP contribution in [0, 0.1) is 0 Å². The van der Waals surface area contributed by atoms with Gasteiger partial charge in [0.15, 0.2) is 0 Å². The zero-order valence-electron chi connectivity index (χ0n) is 20.3. The van der Waals surface area contributed by atoms with Gasteiger partial charge in [0.05, 0.1) is 11.2 Å². The molecule has 0 saturated heterocycles. The summed E-state index contributed by atoms with van der Waals surface area (Å²) in [6.07, 6.45) is 7.12. The quantitative estimate of drug-likeness (QED) is 0.219. The van der Waals surface area contributed by atoms with E-state index in [1.54, 1.807) is 0 Å². The van der Waals surface area contributed by atoms with Crippen molar-refractivity contribution in [3.8, 4) is 0 Å². The number of rotatable bonds is 10. The Kier molecular flexibility index (Phi) is 18.6. The van der Waals surface area contributed by atoms with Crippen LogP contribution >= 0.6 is 17.0 Å². The predicted octanol–water partition coefficient (Wildman–Crippen LogP) is 8.46. The monoisotopic (exact) mass is 546 g/mol. The topological polar surface area (TPSA) is 18.5 Å². The summed E-state index contributed by atoms with van der Waals surface area (Å²) in [5, 5.41) is 0. The van der Waals surface area contributed by atoms with E-state index in [1.807, 2.05) is 0 Å². The maximum atomic E-state index is 5.65. The molecule has 2 aromatic rings. The summed E-state index contributed by atoms with van der Waals surface area (Å²) < 4.78 is 11.3. The van der Waals surface area contributed by atoms with Crippen molar-refractivity contribution >= 4 is 17.0 Å². The molecule has 31 heavy (non-hydrogen) atoms. The minimum absolute atomic E-state index is 0.0142. The van der Waals surface area contributed by atoms with Crippen LogP contribution in [0.15, 0.2) is 48.5 Å². The summed E-state index contributed by atoms with van der Waals surface area (Å²) in [7, 11) is 9.87. The van der Waals surface area contributed by atoms with E-state index in [2.05, 4.69) is 90.1 Å². The fourth-order valence-corrected chi connectivity index (χ4v) is 2.78. The van der Waals surface area contributed by atoms with E-state index in [4.69, 9.17) is 26.5 Å². The molecule has 0 fully saturated rings. The van der Waals surface area contributed by atoms with E-state index in [1.165, 1.54) is 36.8 Å². The molecule has 2 rings (SSSR count). The van der Waals surface area contributed by atoms with E-state index < -0.39 is 20.8 Å². The molecule has 0 aliphatic carbocycles. The van der Waals surface area contributed by atoms with Gasteiger partial charge in [0, 0.05) is 13.2 Å². The van der Waals surface area contributed by atoms with Gasteiger partial charge in [-0.25, -0.2) is 24.3 Å². The van der Waals surface area contributed by atoms with Crippen LogP contribution in [0.1, 0.15) is 78.4 Å². The Labute approximate surface area is 210 Å². The molecule has 0 aliphatic heterocycles. The second-order valence-electron chi connectivity index (χ2n) is 9.49. The summed E-state index contributed by atoms with van der Waals surface area (Å²) in [6, 6.07) is 17.1. The van der Waals surface area contributed by atoms with Crippen LogP contribution in [0.2, 0.25) is 0 Å². The average Bonchev–Trinajstić information content (AvgIpc) is 3.34. The number of unbranched alkanes of at least 4 members (excludes halogenated alkanes) is 2. The molecule has 0 atom stereocenters. The van der Waals surface area contributed by atoms with Gasteiger partial charge in [-0.1, -0.05) is 12.8 Å². The summed E-state index contributed by atoms with van der Waals surface area (Å²) >= 11 is -0.826. The Balaban J connectivity index is 0.000000516. The van der Waals surface area contributed by atoms with Crippen molar-refractivity contribution in [1.82, 2.24) is 0 Å². The molecule has 0 bridgehead atoms. The molecule has 0 N–H and O–H groups in total. The first kappa shape index (κ1) is 31.1. The molecule has 0 spiro atoms. The van der Waals surface area contributed by atoms with Crippen molar-refractivity contribution < 1.29 is 30.3 Å². The molecular weight excluding hydrogens is 506 g/mol. The molecule has 0 saturated carbocycles. The van der Waals surface area contributed by atoms with Crippen molar-refractivity contribution in [1.29, 1.82) is 0 Å². The Hall–Kier alpha value is 0.0831. The van der Waals surface area contributed by atoms with E-state index in [0.29, 0.717) is 0 Å². The standard InChI is InChI=1S/2C13H21O.2ClH.Zr/c2*1-13(2,3)14-11-7-6-10-12-8-4-5-9-12;;;/h2*4-5,8-9H,6-7,10-11H2,1-3H3;2*1H;/q2*-1;;;+4/p-2. The van der Waals surface area contributed by atoms with Crippen LogP contribution in [0.25, 0.3) is 0 Å². The van der Waals surface area contributed by atoms with Gasteiger partial charge in [-0.15, -0.1) is 0 Å². The van der Waals surface area contributed by atoms with Crippen LogP contribution in [0.4, 0.5) is 0 Å². The summed E-state index contributed by atoms with van der Waals surface area (Å²) in [6.45, 7) is 14.4. The fourth-order valence-electron chi connectivity index (χ4n) is 2.78. The average molecular weight is 549 g/mol. The Morgan fingerprint density at radius 3 is 1.32 bits per heavy atom. The summed E-state index contributed by atoms with van der Waals surface area (Å²) in [5.74, 6) is 0. The third-order valence-corrected chi connectivity index (χ3v) is 4.25. The van der Waals surface area contributed by atoms with Gasteiger partial charge in [0.25, 0.3) is 0 Å². The second-order valence-corrected chi connectivity index (χ2v) is 13.2. The summed E-state index contributed by atoms with van der Waals surface area (Å²) in [4.78, 5) is 0. The number of ether oxygens (including phenoxy) is 2. The molecule has 0 amide bonds. The molecule has 0 heterocycles. The molecule has 176 valence electrons. The zero-order valence-corrected chi connectivity index (χ0v) is 24.3. The van der Waals surface area contributed by atoms with E-state index in [9.17, 15) is 0 Å². The van der Waals surface area contributed by atoms with Crippen molar-refractivity contribution in [2.75, 3.05) is 13.2 Å². The predicted molar refractivity (Wildman–Crippen MR) is 133 cm³/mol. The first-order valence-corrected chi connectivity index (χ1v) is 17.6. The molecule has 2 nitrogen and oxygen atoms in total. The van der Waals surface area contributed by atoms with Gasteiger partial charge >= 0.3 is 37.9 Å². The fraction of sp³-hybridized carbons (Fsp3) is 0.615. The Morgan fingerprint density at radius 1 is 0.710 bits per heavy atom. The third kappa shape index (κ3) is 23.0. The molecular formula is C26H42Cl2O2Zr. The van der Waals surface area contributed by atoms with Crippen molar-refractivity contribution in [2.24, 2.45) is 0 Å². The van der Waals surface area contributed by atoms with Crippen LogP contribution in [0.5, 0.6) is 0 Å². The first-order valence-electron chi connectivity index (χ1n) is 11.2. The van der Waals surface area contributed by atoms with Gasteiger partial charge in [-0.3, -0.25) is 0 Å². The second kappa shape index (κ2) is 18.5. The minimum atomic E-state index is -0.826. The molecule has 0 aliphatic rings. The van der Waals surface area contributed by atoms with E-state index >= 15 is 0 Å². The van der Waals surface area contributed by atoms with E-state index in [0.717, 1.165) is 26.1 Å². The Morgan fingerprint density at radius 2 is 1.06 bits per heavy atom. The molecule has 5 heteroatoms. The van der Waals surface area contributed by atoms with Crippen LogP contribution < -0.4 is 0 Å². The van der Waals surface area contributed by atoms with Crippen LogP contribution in [-0.4, -0.2) is 24.4 Å². The molecule has 0 aromatic heterocycles. The maximum absolute atomic E-state index is 5.65. The number of hydrogen-bond donors (Lipinski definition) is 0. The number of aryl methyl sites for hydroxylation is 2. The van der Waals surface area contributed by atoms with Crippen molar-refractivity contribution in [2.45, 2.75) is 91.3 Å². The number of hydrogen-bond acceptors (Lipinski definition) is 2. The van der Waals surface area contributed by atoms with Crippen LogP contribution in [0.3, 0.4) is 0 Å².